The van der Waals surface area contributed by atoms with Crippen LogP contribution in [0.5, 0.6) is 0 Å². The van der Waals surface area contributed by atoms with Gasteiger partial charge in [0.05, 0.1) is 0 Å². The van der Waals surface area contributed by atoms with Crippen molar-refractivity contribution in [3.05, 3.63) is 35.1 Å². The molecular formula is C18H29FN2. The Morgan fingerprint density at radius 2 is 2.10 bits per heavy atom. The summed E-state index contributed by atoms with van der Waals surface area (Å²) in [5.41, 5.74) is 1.82. The standard InChI is InChI=1S/C18H29FN2/c1-13(2)10-20-11-16-7-8-21(12-16)15(4)17-6-5-14(3)18(19)9-17/h5-6,9,13,15-16,20H,7-8,10-12H2,1-4H3. The SMILES string of the molecule is Cc1ccc(C(C)N2CCC(CNCC(C)C)C2)cc1F. The molecule has 21 heavy (non-hydrogen) atoms. The molecule has 0 spiro atoms. The van der Waals surface area contributed by atoms with Crippen molar-refractivity contribution >= 4 is 0 Å². The van der Waals surface area contributed by atoms with E-state index in [0.717, 1.165) is 43.2 Å². The molecule has 0 amide bonds. The van der Waals surface area contributed by atoms with Gasteiger partial charge in [-0.3, -0.25) is 4.90 Å². The van der Waals surface area contributed by atoms with Crippen LogP contribution >= 0.6 is 0 Å². The van der Waals surface area contributed by atoms with E-state index >= 15 is 0 Å². The number of hydrogen-bond acceptors (Lipinski definition) is 2. The zero-order chi connectivity index (χ0) is 15.4. The van der Waals surface area contributed by atoms with Gasteiger partial charge in [-0.05, 0) is 68.9 Å². The molecule has 2 atom stereocenters. The van der Waals surface area contributed by atoms with Gasteiger partial charge in [-0.2, -0.15) is 0 Å². The number of likely N-dealkylation sites (tertiary alicyclic amines) is 1. The van der Waals surface area contributed by atoms with Crippen molar-refractivity contribution in [2.45, 2.75) is 40.2 Å². The van der Waals surface area contributed by atoms with Crippen LogP contribution in [-0.4, -0.2) is 31.1 Å². The van der Waals surface area contributed by atoms with Gasteiger partial charge < -0.3 is 5.32 Å². The predicted octanol–water partition coefficient (Wildman–Crippen LogP) is 3.76. The summed E-state index contributed by atoms with van der Waals surface area (Å²) in [6.45, 7) is 12.9. The second kappa shape index (κ2) is 7.37. The van der Waals surface area contributed by atoms with E-state index in [-0.39, 0.29) is 5.82 Å². The first-order valence-electron chi connectivity index (χ1n) is 8.18. The Balaban J connectivity index is 1.86. The Bertz CT molecular complexity index is 459. The van der Waals surface area contributed by atoms with Gasteiger partial charge >= 0.3 is 0 Å². The lowest BCUT2D eigenvalue weighted by molar-refractivity contribution is 0.251. The number of aryl methyl sites for hydroxylation is 1. The van der Waals surface area contributed by atoms with E-state index in [1.54, 1.807) is 6.07 Å². The Labute approximate surface area is 128 Å². The average molecular weight is 292 g/mol. The largest absolute Gasteiger partial charge is 0.316 e. The minimum atomic E-state index is -0.0892. The lowest BCUT2D eigenvalue weighted by Crippen LogP contribution is -2.29. The average Bonchev–Trinajstić information content (AvgIpc) is 2.89. The van der Waals surface area contributed by atoms with Crippen molar-refractivity contribution < 1.29 is 4.39 Å². The summed E-state index contributed by atoms with van der Waals surface area (Å²) in [5, 5.41) is 3.56. The molecule has 1 N–H and O–H groups in total. The van der Waals surface area contributed by atoms with Crippen LogP contribution in [0.15, 0.2) is 18.2 Å². The quantitative estimate of drug-likeness (QED) is 0.859. The fourth-order valence-corrected chi connectivity index (χ4v) is 3.04. The molecule has 118 valence electrons. The lowest BCUT2D eigenvalue weighted by atomic mass is 10.0. The van der Waals surface area contributed by atoms with Crippen LogP contribution in [0.4, 0.5) is 4.39 Å². The summed E-state index contributed by atoms with van der Waals surface area (Å²) >= 11 is 0. The van der Waals surface area contributed by atoms with E-state index in [0.29, 0.717) is 12.0 Å². The van der Waals surface area contributed by atoms with E-state index in [9.17, 15) is 4.39 Å². The molecule has 0 saturated carbocycles. The van der Waals surface area contributed by atoms with Gasteiger partial charge in [-0.1, -0.05) is 26.0 Å². The number of nitrogens with zero attached hydrogens (tertiary/aromatic N) is 1. The normalized spacial score (nSPS) is 21.1. The van der Waals surface area contributed by atoms with Crippen LogP contribution in [0, 0.1) is 24.6 Å². The Hall–Kier alpha value is -0.930. The summed E-state index contributed by atoms with van der Waals surface area (Å²) in [4.78, 5) is 2.48. The third-order valence-electron chi connectivity index (χ3n) is 4.53. The van der Waals surface area contributed by atoms with Gasteiger partial charge in [0.15, 0.2) is 0 Å². The van der Waals surface area contributed by atoms with Gasteiger partial charge in [0.2, 0.25) is 0 Å². The highest BCUT2D eigenvalue weighted by Crippen LogP contribution is 2.28. The van der Waals surface area contributed by atoms with Crippen molar-refractivity contribution in [2.24, 2.45) is 11.8 Å². The molecule has 0 radical (unpaired) electrons. The first-order valence-corrected chi connectivity index (χ1v) is 8.18. The molecule has 0 aliphatic carbocycles. The minimum Gasteiger partial charge on any atom is -0.316 e. The highest BCUT2D eigenvalue weighted by Gasteiger charge is 2.26. The van der Waals surface area contributed by atoms with Crippen molar-refractivity contribution in [3.8, 4) is 0 Å². The molecular weight excluding hydrogens is 263 g/mol. The molecule has 1 aliphatic heterocycles. The fraction of sp³-hybridized carbons (Fsp3) is 0.667. The smallest absolute Gasteiger partial charge is 0.126 e. The van der Waals surface area contributed by atoms with Crippen molar-refractivity contribution in [3.63, 3.8) is 0 Å². The summed E-state index contributed by atoms with van der Waals surface area (Å²) in [5.74, 6) is 1.34. The van der Waals surface area contributed by atoms with Crippen LogP contribution in [0.2, 0.25) is 0 Å². The number of nitrogens with one attached hydrogen (secondary N) is 1. The van der Waals surface area contributed by atoms with E-state index in [2.05, 4.69) is 37.1 Å². The van der Waals surface area contributed by atoms with Gasteiger partial charge in [-0.15, -0.1) is 0 Å². The van der Waals surface area contributed by atoms with E-state index in [1.165, 1.54) is 6.42 Å². The number of rotatable bonds is 6. The molecule has 2 rings (SSSR count). The molecule has 2 unspecified atom stereocenters. The first kappa shape index (κ1) is 16.4. The van der Waals surface area contributed by atoms with Gasteiger partial charge in [-0.25, -0.2) is 4.39 Å². The van der Waals surface area contributed by atoms with Crippen LogP contribution in [0.25, 0.3) is 0 Å². The minimum absolute atomic E-state index is 0.0892. The fourth-order valence-electron chi connectivity index (χ4n) is 3.04. The Morgan fingerprint density at radius 1 is 1.33 bits per heavy atom. The molecule has 2 nitrogen and oxygen atoms in total. The van der Waals surface area contributed by atoms with Crippen molar-refractivity contribution in [1.82, 2.24) is 10.2 Å². The summed E-state index contributed by atoms with van der Waals surface area (Å²) in [6, 6.07) is 5.95. The third-order valence-corrected chi connectivity index (χ3v) is 4.53. The van der Waals surface area contributed by atoms with Crippen LogP contribution in [0.1, 0.15) is 44.4 Å². The highest BCUT2D eigenvalue weighted by molar-refractivity contribution is 5.25. The maximum atomic E-state index is 13.7. The first-order chi connectivity index (χ1) is 9.97. The predicted molar refractivity (Wildman–Crippen MR) is 86.9 cm³/mol. The van der Waals surface area contributed by atoms with Crippen molar-refractivity contribution in [1.29, 1.82) is 0 Å². The number of hydrogen-bond donors (Lipinski definition) is 1. The molecule has 0 aromatic heterocycles. The van der Waals surface area contributed by atoms with E-state index in [4.69, 9.17) is 0 Å². The molecule has 0 bridgehead atoms. The molecule has 1 aromatic carbocycles. The van der Waals surface area contributed by atoms with Crippen molar-refractivity contribution in [2.75, 3.05) is 26.2 Å². The van der Waals surface area contributed by atoms with Gasteiger partial charge in [0, 0.05) is 12.6 Å². The lowest BCUT2D eigenvalue weighted by Gasteiger charge is -2.25. The Morgan fingerprint density at radius 3 is 2.76 bits per heavy atom. The monoisotopic (exact) mass is 292 g/mol. The summed E-state index contributed by atoms with van der Waals surface area (Å²) in [7, 11) is 0. The zero-order valence-corrected chi connectivity index (χ0v) is 13.8. The second-order valence-electron chi connectivity index (χ2n) is 6.89. The maximum absolute atomic E-state index is 13.7. The summed E-state index contributed by atoms with van der Waals surface area (Å²) in [6.07, 6.45) is 1.24. The van der Waals surface area contributed by atoms with Gasteiger partial charge in [0.1, 0.15) is 5.82 Å². The number of halogens is 1. The van der Waals surface area contributed by atoms with Crippen LogP contribution in [-0.2, 0) is 0 Å². The number of benzene rings is 1. The van der Waals surface area contributed by atoms with E-state index in [1.807, 2.05) is 13.0 Å². The molecule has 1 aromatic rings. The van der Waals surface area contributed by atoms with Gasteiger partial charge in [0.25, 0.3) is 0 Å². The summed E-state index contributed by atoms with van der Waals surface area (Å²) < 4.78 is 13.7. The molecule has 1 aliphatic rings. The van der Waals surface area contributed by atoms with Crippen LogP contribution in [0.3, 0.4) is 0 Å². The zero-order valence-electron chi connectivity index (χ0n) is 13.8. The second-order valence-corrected chi connectivity index (χ2v) is 6.89. The third kappa shape index (κ3) is 4.52. The topological polar surface area (TPSA) is 15.3 Å². The molecule has 3 heteroatoms. The molecule has 1 heterocycles. The van der Waals surface area contributed by atoms with E-state index < -0.39 is 0 Å². The molecule has 1 fully saturated rings. The van der Waals surface area contributed by atoms with Crippen LogP contribution < -0.4 is 5.32 Å². The Kier molecular flexibility index (Phi) is 5.77. The highest BCUT2D eigenvalue weighted by atomic mass is 19.1. The molecule has 1 saturated heterocycles. The maximum Gasteiger partial charge on any atom is 0.126 e.